The lowest BCUT2D eigenvalue weighted by atomic mass is 10.2. The van der Waals surface area contributed by atoms with Gasteiger partial charge < -0.3 is 10.4 Å². The number of aromatic nitrogens is 1. The van der Waals surface area contributed by atoms with Crippen LogP contribution in [0.25, 0.3) is 0 Å². The number of hydrogen-bond acceptors (Lipinski definition) is 3. The van der Waals surface area contributed by atoms with Crippen LogP contribution in [0, 0.1) is 17.8 Å². The number of aliphatic hydroxyl groups excluding tert-OH is 1. The normalized spacial score (nSPS) is 13.6. The van der Waals surface area contributed by atoms with Gasteiger partial charge in [-0.2, -0.15) is 0 Å². The van der Waals surface area contributed by atoms with E-state index in [9.17, 15) is 4.79 Å². The molecule has 1 aromatic heterocycles. The second kappa shape index (κ2) is 6.18. The molecule has 4 nitrogen and oxygen atoms in total. The van der Waals surface area contributed by atoms with E-state index in [1.807, 2.05) is 0 Å². The minimum Gasteiger partial charge on any atom is -0.384 e. The van der Waals surface area contributed by atoms with Crippen molar-refractivity contribution in [3.8, 4) is 11.8 Å². The predicted molar refractivity (Wildman–Crippen MR) is 67.9 cm³/mol. The van der Waals surface area contributed by atoms with Gasteiger partial charge in [0.25, 0.3) is 5.91 Å². The van der Waals surface area contributed by atoms with Crippen molar-refractivity contribution in [2.45, 2.75) is 19.3 Å². The summed E-state index contributed by atoms with van der Waals surface area (Å²) in [5.74, 6) is 5.96. The zero-order valence-electron chi connectivity index (χ0n) is 10.1. The quantitative estimate of drug-likeness (QED) is 0.775. The number of nitrogens with one attached hydrogen (secondary N) is 1. The molecule has 1 amide bonds. The Morgan fingerprint density at radius 3 is 3.06 bits per heavy atom. The van der Waals surface area contributed by atoms with E-state index in [1.165, 1.54) is 19.0 Å². The second-order valence-electron chi connectivity index (χ2n) is 4.41. The van der Waals surface area contributed by atoms with Gasteiger partial charge in [-0.3, -0.25) is 9.78 Å². The van der Waals surface area contributed by atoms with Crippen molar-refractivity contribution in [1.82, 2.24) is 10.3 Å². The van der Waals surface area contributed by atoms with Crippen LogP contribution in [0.1, 0.15) is 35.2 Å². The Balaban J connectivity index is 1.91. The molecule has 1 aromatic rings. The first-order chi connectivity index (χ1) is 8.79. The smallest absolute Gasteiger partial charge is 0.252 e. The zero-order valence-corrected chi connectivity index (χ0v) is 10.1. The van der Waals surface area contributed by atoms with Gasteiger partial charge in [0.1, 0.15) is 6.61 Å². The minimum absolute atomic E-state index is 0.115. The Kier molecular flexibility index (Phi) is 4.32. The molecule has 0 bridgehead atoms. The van der Waals surface area contributed by atoms with Gasteiger partial charge in [0.15, 0.2) is 0 Å². The van der Waals surface area contributed by atoms with Crippen molar-refractivity contribution < 1.29 is 9.90 Å². The van der Waals surface area contributed by atoms with E-state index in [2.05, 4.69) is 22.1 Å². The summed E-state index contributed by atoms with van der Waals surface area (Å²) in [5, 5.41) is 11.5. The van der Waals surface area contributed by atoms with Crippen LogP contribution >= 0.6 is 0 Å². The van der Waals surface area contributed by atoms with Crippen LogP contribution in [0.15, 0.2) is 18.5 Å². The molecule has 2 N–H and O–H groups in total. The maximum atomic E-state index is 11.8. The maximum absolute atomic E-state index is 11.8. The fourth-order valence-corrected chi connectivity index (χ4v) is 1.67. The monoisotopic (exact) mass is 244 g/mol. The number of pyridine rings is 1. The van der Waals surface area contributed by atoms with Gasteiger partial charge in [-0.1, -0.05) is 24.7 Å². The molecule has 0 atom stereocenters. The van der Waals surface area contributed by atoms with Crippen molar-refractivity contribution >= 4 is 5.91 Å². The number of amides is 1. The summed E-state index contributed by atoms with van der Waals surface area (Å²) >= 11 is 0. The third-order valence-corrected chi connectivity index (χ3v) is 2.85. The van der Waals surface area contributed by atoms with Crippen LogP contribution < -0.4 is 5.32 Å². The molecule has 1 aliphatic carbocycles. The third-order valence-electron chi connectivity index (χ3n) is 2.85. The fraction of sp³-hybridized carbons (Fsp3) is 0.429. The van der Waals surface area contributed by atoms with E-state index in [4.69, 9.17) is 5.11 Å². The molecule has 2 rings (SSSR count). The van der Waals surface area contributed by atoms with E-state index in [0.717, 1.165) is 18.9 Å². The standard InChI is InChI=1S/C14H16N2O2/c17-7-1-2-12-8-13(10-15-9-12)14(18)16-6-5-11-3-4-11/h8-11,17H,3-7H2,(H,16,18). The molecule has 0 aliphatic heterocycles. The number of rotatable bonds is 4. The first-order valence-corrected chi connectivity index (χ1v) is 6.12. The summed E-state index contributed by atoms with van der Waals surface area (Å²) in [6, 6.07) is 1.68. The van der Waals surface area contributed by atoms with E-state index >= 15 is 0 Å². The van der Waals surface area contributed by atoms with E-state index in [0.29, 0.717) is 11.1 Å². The molecule has 4 heteroatoms. The Morgan fingerprint density at radius 1 is 1.50 bits per heavy atom. The first-order valence-electron chi connectivity index (χ1n) is 6.12. The molecule has 1 fully saturated rings. The van der Waals surface area contributed by atoms with Crippen molar-refractivity contribution in [1.29, 1.82) is 0 Å². The van der Waals surface area contributed by atoms with Gasteiger partial charge in [-0.15, -0.1) is 0 Å². The lowest BCUT2D eigenvalue weighted by Crippen LogP contribution is -2.24. The van der Waals surface area contributed by atoms with Crippen LogP contribution in [0.3, 0.4) is 0 Å². The van der Waals surface area contributed by atoms with Crippen LogP contribution in [-0.4, -0.2) is 29.1 Å². The van der Waals surface area contributed by atoms with E-state index in [1.54, 1.807) is 12.3 Å². The molecular weight excluding hydrogens is 228 g/mol. The number of hydrogen-bond donors (Lipinski definition) is 2. The van der Waals surface area contributed by atoms with Gasteiger partial charge in [-0.25, -0.2) is 0 Å². The fourth-order valence-electron chi connectivity index (χ4n) is 1.67. The molecule has 94 valence electrons. The molecule has 1 heterocycles. The first kappa shape index (κ1) is 12.6. The Labute approximate surface area is 106 Å². The van der Waals surface area contributed by atoms with Crippen LogP contribution in [0.5, 0.6) is 0 Å². The van der Waals surface area contributed by atoms with Crippen molar-refractivity contribution in [2.75, 3.05) is 13.2 Å². The molecule has 0 spiro atoms. The van der Waals surface area contributed by atoms with E-state index in [-0.39, 0.29) is 12.5 Å². The summed E-state index contributed by atoms with van der Waals surface area (Å²) < 4.78 is 0. The molecule has 0 unspecified atom stereocenters. The molecule has 0 radical (unpaired) electrons. The molecule has 1 aliphatic rings. The zero-order chi connectivity index (χ0) is 12.8. The molecule has 18 heavy (non-hydrogen) atoms. The molecular formula is C14H16N2O2. The highest BCUT2D eigenvalue weighted by atomic mass is 16.2. The number of carbonyl (C=O) groups excluding carboxylic acids is 1. The summed E-state index contributed by atoms with van der Waals surface area (Å²) in [5.41, 5.74) is 1.15. The van der Waals surface area contributed by atoms with Gasteiger partial charge in [0.2, 0.25) is 0 Å². The summed E-state index contributed by atoms with van der Waals surface area (Å²) in [7, 11) is 0. The van der Waals surface area contributed by atoms with Crippen LogP contribution in [-0.2, 0) is 0 Å². The lowest BCUT2D eigenvalue weighted by Gasteiger charge is -2.04. The van der Waals surface area contributed by atoms with Crippen LogP contribution in [0.4, 0.5) is 0 Å². The van der Waals surface area contributed by atoms with E-state index < -0.39 is 0 Å². The Bertz CT molecular complexity index is 484. The molecule has 0 aromatic carbocycles. The largest absolute Gasteiger partial charge is 0.384 e. The summed E-state index contributed by atoms with van der Waals surface area (Å²) in [6.45, 7) is 0.522. The topological polar surface area (TPSA) is 62.2 Å². The average molecular weight is 244 g/mol. The highest BCUT2D eigenvalue weighted by Gasteiger charge is 2.20. The second-order valence-corrected chi connectivity index (χ2v) is 4.41. The third kappa shape index (κ3) is 3.86. The minimum atomic E-state index is -0.197. The molecule has 0 saturated heterocycles. The number of carbonyl (C=O) groups is 1. The lowest BCUT2D eigenvalue weighted by molar-refractivity contribution is 0.0952. The predicted octanol–water partition coefficient (Wildman–Crippen LogP) is 0.955. The summed E-state index contributed by atoms with van der Waals surface area (Å²) in [4.78, 5) is 15.8. The number of nitrogens with zero attached hydrogens (tertiary/aromatic N) is 1. The van der Waals surface area contributed by atoms with Gasteiger partial charge in [0.05, 0.1) is 5.56 Å². The van der Waals surface area contributed by atoms with Crippen molar-refractivity contribution in [3.05, 3.63) is 29.6 Å². The van der Waals surface area contributed by atoms with Gasteiger partial charge >= 0.3 is 0 Å². The van der Waals surface area contributed by atoms with Gasteiger partial charge in [-0.05, 0) is 18.4 Å². The molecule has 1 saturated carbocycles. The number of aliphatic hydroxyl groups is 1. The van der Waals surface area contributed by atoms with Crippen molar-refractivity contribution in [3.63, 3.8) is 0 Å². The maximum Gasteiger partial charge on any atom is 0.252 e. The highest BCUT2D eigenvalue weighted by molar-refractivity contribution is 5.94. The Morgan fingerprint density at radius 2 is 2.33 bits per heavy atom. The van der Waals surface area contributed by atoms with Gasteiger partial charge in [0, 0.05) is 24.5 Å². The van der Waals surface area contributed by atoms with Crippen molar-refractivity contribution in [2.24, 2.45) is 5.92 Å². The summed E-state index contributed by atoms with van der Waals surface area (Å²) in [6.07, 6.45) is 6.75. The average Bonchev–Trinajstić information content (AvgIpc) is 3.20. The van der Waals surface area contributed by atoms with Crippen LogP contribution in [0.2, 0.25) is 0 Å². The highest BCUT2D eigenvalue weighted by Crippen LogP contribution is 2.31. The SMILES string of the molecule is O=C(NCCC1CC1)c1cncc(C#CCO)c1. The Hall–Kier alpha value is -1.86.